The van der Waals surface area contributed by atoms with E-state index >= 15 is 0 Å². The van der Waals surface area contributed by atoms with Crippen molar-refractivity contribution in [2.24, 2.45) is 0 Å². The number of aromatic nitrogens is 1. The summed E-state index contributed by atoms with van der Waals surface area (Å²) in [5, 5.41) is 1.21. The molecule has 2 aliphatic heterocycles. The Hall–Kier alpha value is -1.82. The lowest BCUT2D eigenvalue weighted by Gasteiger charge is -2.39. The van der Waals surface area contributed by atoms with Crippen molar-refractivity contribution in [3.05, 3.63) is 33.9 Å². The molecule has 120 valence electrons. The van der Waals surface area contributed by atoms with Gasteiger partial charge in [0.05, 0.1) is 12.1 Å². The Kier molecular flexibility index (Phi) is 3.64. The van der Waals surface area contributed by atoms with Crippen LogP contribution in [0.15, 0.2) is 22.7 Å². The first-order valence-electron chi connectivity index (χ1n) is 7.95. The van der Waals surface area contributed by atoms with Crippen LogP contribution in [0.5, 0.6) is 0 Å². The molecule has 1 fully saturated rings. The highest BCUT2D eigenvalue weighted by Crippen LogP contribution is 2.40. The molecular formula is C17H18BrN3O2. The zero-order valence-corrected chi connectivity index (χ0v) is 14.3. The van der Waals surface area contributed by atoms with Gasteiger partial charge in [-0.3, -0.25) is 9.59 Å². The maximum absolute atomic E-state index is 11.6. The minimum Gasteiger partial charge on any atom is -0.356 e. The van der Waals surface area contributed by atoms with Gasteiger partial charge >= 0.3 is 0 Å². The van der Waals surface area contributed by atoms with Crippen molar-refractivity contribution in [3.8, 4) is 0 Å². The molecule has 3 heterocycles. The highest BCUT2D eigenvalue weighted by atomic mass is 79.9. The van der Waals surface area contributed by atoms with Gasteiger partial charge in [0, 0.05) is 34.2 Å². The minimum atomic E-state index is -0.0740. The lowest BCUT2D eigenvalue weighted by molar-refractivity contribution is -0.126. The number of nitrogens with zero attached hydrogens (tertiary/aromatic N) is 2. The van der Waals surface area contributed by atoms with Crippen molar-refractivity contribution in [1.29, 1.82) is 0 Å². The van der Waals surface area contributed by atoms with Gasteiger partial charge in [-0.15, -0.1) is 0 Å². The van der Waals surface area contributed by atoms with Crippen LogP contribution in [0.1, 0.15) is 30.1 Å². The lowest BCUT2D eigenvalue weighted by atomic mass is 9.92. The van der Waals surface area contributed by atoms with Crippen LogP contribution in [0.3, 0.4) is 0 Å². The standard InChI is InChI=1S/C17H18BrN3O2/c18-11-3-4-14-13(8-11)12-5-7-21(10-23)17(16(12)19-14)15-2-1-6-20(15)9-22/h3-4,8-10,15,17,19H,1-2,5-7H2/t15-,17?/m0/s1. The molecule has 2 atom stereocenters. The van der Waals surface area contributed by atoms with E-state index in [1.54, 1.807) is 0 Å². The molecule has 0 bridgehead atoms. The molecule has 0 spiro atoms. The fraction of sp³-hybridized carbons (Fsp3) is 0.412. The molecule has 1 saturated heterocycles. The molecule has 1 aromatic carbocycles. The van der Waals surface area contributed by atoms with Gasteiger partial charge in [-0.25, -0.2) is 0 Å². The number of carbonyl (C=O) groups excluding carboxylic acids is 2. The van der Waals surface area contributed by atoms with E-state index in [2.05, 4.69) is 33.0 Å². The summed E-state index contributed by atoms with van der Waals surface area (Å²) < 4.78 is 1.05. The number of fused-ring (bicyclic) bond motifs is 3. The van der Waals surface area contributed by atoms with E-state index in [1.807, 2.05) is 15.9 Å². The average molecular weight is 376 g/mol. The Labute approximate surface area is 142 Å². The Balaban J connectivity index is 1.86. The normalized spacial score (nSPS) is 24.0. The van der Waals surface area contributed by atoms with Crippen molar-refractivity contribution in [2.45, 2.75) is 31.3 Å². The topological polar surface area (TPSA) is 56.4 Å². The maximum atomic E-state index is 11.6. The molecule has 2 aromatic rings. The second kappa shape index (κ2) is 5.67. The lowest BCUT2D eigenvalue weighted by Crippen LogP contribution is -2.45. The van der Waals surface area contributed by atoms with E-state index < -0.39 is 0 Å². The van der Waals surface area contributed by atoms with Crippen molar-refractivity contribution < 1.29 is 9.59 Å². The van der Waals surface area contributed by atoms with Gasteiger partial charge < -0.3 is 14.8 Å². The quantitative estimate of drug-likeness (QED) is 0.838. The van der Waals surface area contributed by atoms with Crippen LogP contribution in [0.4, 0.5) is 0 Å². The van der Waals surface area contributed by atoms with E-state index in [0.717, 1.165) is 54.3 Å². The first-order valence-corrected chi connectivity index (χ1v) is 8.74. The predicted molar refractivity (Wildman–Crippen MR) is 91.0 cm³/mol. The van der Waals surface area contributed by atoms with Gasteiger partial charge in [0.15, 0.2) is 0 Å². The first kappa shape index (κ1) is 14.8. The molecule has 5 nitrogen and oxygen atoms in total. The number of nitrogens with one attached hydrogen (secondary N) is 1. The second-order valence-electron chi connectivity index (χ2n) is 6.30. The summed E-state index contributed by atoms with van der Waals surface area (Å²) in [6, 6.07) is 6.20. The first-order chi connectivity index (χ1) is 11.2. The number of aromatic amines is 1. The smallest absolute Gasteiger partial charge is 0.210 e. The van der Waals surface area contributed by atoms with Crippen LogP contribution in [-0.2, 0) is 16.0 Å². The molecule has 23 heavy (non-hydrogen) atoms. The monoisotopic (exact) mass is 375 g/mol. The van der Waals surface area contributed by atoms with Gasteiger partial charge in [0.25, 0.3) is 0 Å². The molecule has 4 rings (SSSR count). The molecule has 1 unspecified atom stereocenters. The van der Waals surface area contributed by atoms with Gasteiger partial charge in [0.2, 0.25) is 12.8 Å². The zero-order valence-electron chi connectivity index (χ0n) is 12.7. The van der Waals surface area contributed by atoms with Gasteiger partial charge in [-0.05, 0) is 43.0 Å². The zero-order chi connectivity index (χ0) is 16.0. The number of likely N-dealkylation sites (tertiary alicyclic amines) is 1. The van der Waals surface area contributed by atoms with Gasteiger partial charge in [-0.2, -0.15) is 0 Å². The van der Waals surface area contributed by atoms with E-state index in [-0.39, 0.29) is 12.1 Å². The summed E-state index contributed by atoms with van der Waals surface area (Å²) in [4.78, 5) is 30.2. The number of benzene rings is 1. The van der Waals surface area contributed by atoms with Crippen molar-refractivity contribution in [1.82, 2.24) is 14.8 Å². The number of halogens is 1. The third-order valence-corrected chi connectivity index (χ3v) is 5.64. The molecule has 2 amide bonds. The van der Waals surface area contributed by atoms with Crippen LogP contribution in [0, 0.1) is 0 Å². The Morgan fingerprint density at radius 1 is 1.17 bits per heavy atom. The number of H-pyrrole nitrogens is 1. The number of carbonyl (C=O) groups is 2. The van der Waals surface area contributed by atoms with Crippen LogP contribution in [-0.4, -0.2) is 46.7 Å². The maximum Gasteiger partial charge on any atom is 0.210 e. The molecule has 0 radical (unpaired) electrons. The largest absolute Gasteiger partial charge is 0.356 e. The fourth-order valence-corrected chi connectivity index (χ4v) is 4.49. The Bertz CT molecular complexity index is 773. The number of amides is 2. The fourth-order valence-electron chi connectivity index (χ4n) is 4.12. The van der Waals surface area contributed by atoms with Crippen molar-refractivity contribution in [3.63, 3.8) is 0 Å². The Morgan fingerprint density at radius 2 is 2.00 bits per heavy atom. The molecule has 2 aliphatic rings. The highest BCUT2D eigenvalue weighted by molar-refractivity contribution is 9.10. The highest BCUT2D eigenvalue weighted by Gasteiger charge is 2.40. The third-order valence-electron chi connectivity index (χ3n) is 5.15. The van der Waals surface area contributed by atoms with Gasteiger partial charge in [-0.1, -0.05) is 15.9 Å². The molecule has 0 saturated carbocycles. The number of hydrogen-bond donors (Lipinski definition) is 1. The molecule has 1 N–H and O–H groups in total. The number of rotatable bonds is 3. The summed E-state index contributed by atoms with van der Waals surface area (Å²) in [6.07, 6.45) is 4.62. The van der Waals surface area contributed by atoms with Crippen molar-refractivity contribution >= 4 is 39.7 Å². The summed E-state index contributed by atoms with van der Waals surface area (Å²) in [6.45, 7) is 1.47. The van der Waals surface area contributed by atoms with Crippen LogP contribution < -0.4 is 0 Å². The van der Waals surface area contributed by atoms with E-state index in [1.165, 1.54) is 10.9 Å². The van der Waals surface area contributed by atoms with E-state index in [0.29, 0.717) is 6.54 Å². The molecule has 0 aliphatic carbocycles. The molecular weight excluding hydrogens is 358 g/mol. The Morgan fingerprint density at radius 3 is 2.78 bits per heavy atom. The van der Waals surface area contributed by atoms with Crippen LogP contribution >= 0.6 is 15.9 Å². The predicted octanol–water partition coefficient (Wildman–Crippen LogP) is 2.61. The van der Waals surface area contributed by atoms with E-state index in [9.17, 15) is 9.59 Å². The number of hydrogen-bond acceptors (Lipinski definition) is 2. The summed E-state index contributed by atoms with van der Waals surface area (Å²) in [7, 11) is 0. The second-order valence-corrected chi connectivity index (χ2v) is 7.21. The van der Waals surface area contributed by atoms with Crippen molar-refractivity contribution in [2.75, 3.05) is 13.1 Å². The summed E-state index contributed by atoms with van der Waals surface area (Å²) in [5.41, 5.74) is 3.46. The molecule has 1 aromatic heterocycles. The molecule has 6 heteroatoms. The third kappa shape index (κ3) is 2.27. The average Bonchev–Trinajstić information content (AvgIpc) is 3.17. The van der Waals surface area contributed by atoms with E-state index in [4.69, 9.17) is 0 Å². The summed E-state index contributed by atoms with van der Waals surface area (Å²) >= 11 is 3.54. The SMILES string of the molecule is O=CN1CCc2c([nH]c3ccc(Br)cc23)C1[C@@H]1CCCN1C=O. The minimum absolute atomic E-state index is 0.0632. The van der Waals surface area contributed by atoms with Crippen LogP contribution in [0.2, 0.25) is 0 Å². The summed E-state index contributed by atoms with van der Waals surface area (Å²) in [5.74, 6) is 0. The van der Waals surface area contributed by atoms with Crippen LogP contribution in [0.25, 0.3) is 10.9 Å². The van der Waals surface area contributed by atoms with Gasteiger partial charge in [0.1, 0.15) is 0 Å².